The van der Waals surface area contributed by atoms with E-state index in [1.165, 1.54) is 30.6 Å². The molecule has 3 aromatic rings. The third-order valence-corrected chi connectivity index (χ3v) is 6.28. The summed E-state index contributed by atoms with van der Waals surface area (Å²) in [6.45, 7) is 0.358. The first-order valence-electron chi connectivity index (χ1n) is 9.56. The first-order valence-corrected chi connectivity index (χ1v) is 10.4. The highest BCUT2D eigenvalue weighted by Gasteiger charge is 2.16. The van der Waals surface area contributed by atoms with Gasteiger partial charge in [-0.15, -0.1) is 11.3 Å². The number of para-hydroxylation sites is 2. The van der Waals surface area contributed by atoms with Crippen LogP contribution in [0.1, 0.15) is 42.7 Å². The van der Waals surface area contributed by atoms with Gasteiger partial charge in [-0.05, 0) is 37.8 Å². The lowest BCUT2D eigenvalue weighted by Gasteiger charge is -2.06. The van der Waals surface area contributed by atoms with Gasteiger partial charge in [-0.2, -0.15) is 0 Å². The molecule has 4 rings (SSSR count). The van der Waals surface area contributed by atoms with Crippen molar-refractivity contribution in [3.8, 4) is 0 Å². The number of nitrogens with one attached hydrogen (secondary N) is 1. The molecule has 6 nitrogen and oxygen atoms in total. The Kier molecular flexibility index (Phi) is 5.11. The lowest BCUT2D eigenvalue weighted by molar-refractivity contribution is -0.116. The number of anilines is 1. The van der Waals surface area contributed by atoms with E-state index in [0.29, 0.717) is 11.7 Å². The molecule has 142 valence electrons. The summed E-state index contributed by atoms with van der Waals surface area (Å²) in [6.07, 6.45) is 7.23. The third-order valence-electron chi connectivity index (χ3n) is 5.21. The molecule has 0 saturated heterocycles. The Morgan fingerprint density at radius 2 is 1.89 bits per heavy atom. The maximum atomic E-state index is 12.4. The molecule has 27 heavy (non-hydrogen) atoms. The summed E-state index contributed by atoms with van der Waals surface area (Å²) < 4.78 is 3.28. The molecule has 2 aromatic heterocycles. The Labute approximate surface area is 161 Å². The van der Waals surface area contributed by atoms with Crippen molar-refractivity contribution < 1.29 is 4.79 Å². The van der Waals surface area contributed by atoms with Gasteiger partial charge in [0.1, 0.15) is 0 Å². The van der Waals surface area contributed by atoms with E-state index in [4.69, 9.17) is 0 Å². The van der Waals surface area contributed by atoms with Crippen LogP contribution in [0.2, 0.25) is 0 Å². The van der Waals surface area contributed by atoms with Crippen LogP contribution in [0.15, 0.2) is 29.1 Å². The van der Waals surface area contributed by atoms with Gasteiger partial charge in [0.2, 0.25) is 5.91 Å². The molecule has 1 aliphatic carbocycles. The number of aromatic nitrogens is 3. The maximum absolute atomic E-state index is 12.4. The largest absolute Gasteiger partial charge is 0.328 e. The number of hydrogen-bond acceptors (Lipinski definition) is 4. The molecule has 1 N–H and O–H groups in total. The zero-order chi connectivity index (χ0) is 18.8. The summed E-state index contributed by atoms with van der Waals surface area (Å²) in [7, 11) is 1.76. The van der Waals surface area contributed by atoms with Crippen LogP contribution in [0.3, 0.4) is 0 Å². The number of nitrogens with zero attached hydrogens (tertiary/aromatic N) is 3. The molecule has 0 atom stereocenters. The summed E-state index contributed by atoms with van der Waals surface area (Å²) in [5.74, 6) is -0.100. The fraction of sp³-hybridized carbons (Fsp3) is 0.450. The molecule has 0 fully saturated rings. The van der Waals surface area contributed by atoms with Gasteiger partial charge in [0, 0.05) is 24.9 Å². The van der Waals surface area contributed by atoms with E-state index in [-0.39, 0.29) is 18.0 Å². The zero-order valence-corrected chi connectivity index (χ0v) is 16.3. The number of rotatable bonds is 4. The number of imidazole rings is 1. The van der Waals surface area contributed by atoms with E-state index in [1.807, 2.05) is 24.3 Å². The maximum Gasteiger partial charge on any atom is 0.328 e. The summed E-state index contributed by atoms with van der Waals surface area (Å²) in [5.41, 5.74) is 2.79. The zero-order valence-electron chi connectivity index (χ0n) is 15.5. The molecule has 7 heteroatoms. The van der Waals surface area contributed by atoms with Gasteiger partial charge in [-0.25, -0.2) is 9.78 Å². The van der Waals surface area contributed by atoms with Crippen molar-refractivity contribution in [2.75, 3.05) is 5.32 Å². The number of carbonyl (C=O) groups is 1. The van der Waals surface area contributed by atoms with Crippen LogP contribution in [-0.4, -0.2) is 20.0 Å². The minimum Gasteiger partial charge on any atom is -0.302 e. The normalized spacial score (nSPS) is 14.6. The number of aryl methyl sites for hydroxylation is 4. The van der Waals surface area contributed by atoms with Crippen LogP contribution in [0, 0.1) is 0 Å². The average molecular weight is 385 g/mol. The van der Waals surface area contributed by atoms with Gasteiger partial charge in [-0.3, -0.25) is 13.9 Å². The second-order valence-corrected chi connectivity index (χ2v) is 8.17. The van der Waals surface area contributed by atoms with Crippen LogP contribution in [0.25, 0.3) is 11.0 Å². The van der Waals surface area contributed by atoms with Crippen molar-refractivity contribution >= 4 is 33.4 Å². The summed E-state index contributed by atoms with van der Waals surface area (Å²) >= 11 is 1.60. The van der Waals surface area contributed by atoms with Crippen molar-refractivity contribution in [1.82, 2.24) is 14.1 Å². The third kappa shape index (κ3) is 3.69. The SMILES string of the molecule is Cn1c(=O)n(CCC(=O)Nc2nc3c(s2)CCCCCC3)c2ccccc21. The molecule has 1 aromatic carbocycles. The van der Waals surface area contributed by atoms with Gasteiger partial charge in [0.15, 0.2) is 5.13 Å². The lowest BCUT2D eigenvalue weighted by Crippen LogP contribution is -2.24. The molecule has 0 saturated carbocycles. The Balaban J connectivity index is 1.44. The number of benzene rings is 1. The number of fused-ring (bicyclic) bond motifs is 2. The highest BCUT2D eigenvalue weighted by Crippen LogP contribution is 2.28. The summed E-state index contributed by atoms with van der Waals surface area (Å²) in [6, 6.07) is 7.64. The van der Waals surface area contributed by atoms with Crippen LogP contribution in [0.4, 0.5) is 5.13 Å². The number of amides is 1. The predicted molar refractivity (Wildman–Crippen MR) is 108 cm³/mol. The molecular weight excluding hydrogens is 360 g/mol. The molecule has 1 aliphatic rings. The predicted octanol–water partition coefficient (Wildman–Crippen LogP) is 3.48. The molecule has 0 unspecified atom stereocenters. The Morgan fingerprint density at radius 1 is 1.15 bits per heavy atom. The lowest BCUT2D eigenvalue weighted by atomic mass is 10.0. The van der Waals surface area contributed by atoms with Crippen molar-refractivity contribution in [3.05, 3.63) is 45.3 Å². The van der Waals surface area contributed by atoms with Crippen LogP contribution >= 0.6 is 11.3 Å². The first-order chi connectivity index (χ1) is 13.1. The van der Waals surface area contributed by atoms with Gasteiger partial charge in [-0.1, -0.05) is 25.0 Å². The van der Waals surface area contributed by atoms with Gasteiger partial charge < -0.3 is 5.32 Å². The van der Waals surface area contributed by atoms with Crippen molar-refractivity contribution in [2.24, 2.45) is 7.05 Å². The second kappa shape index (κ2) is 7.68. The van der Waals surface area contributed by atoms with E-state index in [2.05, 4.69) is 10.3 Å². The second-order valence-electron chi connectivity index (χ2n) is 7.08. The molecule has 1 amide bonds. The van der Waals surface area contributed by atoms with E-state index in [1.54, 1.807) is 27.5 Å². The van der Waals surface area contributed by atoms with E-state index < -0.39 is 0 Å². The standard InChI is InChI=1S/C20H24N4O2S/c1-23-15-9-6-7-10-16(15)24(20(23)26)13-12-18(25)22-19-21-14-8-4-2-3-5-11-17(14)27-19/h6-7,9-10H,2-5,8,11-13H2,1H3,(H,21,22,25). The minimum absolute atomic E-state index is 0.0961. The number of thiazole rings is 1. The highest BCUT2D eigenvalue weighted by molar-refractivity contribution is 7.15. The Hall–Kier alpha value is -2.41. The van der Waals surface area contributed by atoms with E-state index in [0.717, 1.165) is 29.6 Å². The van der Waals surface area contributed by atoms with E-state index >= 15 is 0 Å². The Morgan fingerprint density at radius 3 is 2.70 bits per heavy atom. The average Bonchev–Trinajstić information content (AvgIpc) is 3.12. The van der Waals surface area contributed by atoms with Gasteiger partial charge in [0.05, 0.1) is 16.7 Å². The fourth-order valence-electron chi connectivity index (χ4n) is 3.73. The van der Waals surface area contributed by atoms with Gasteiger partial charge >= 0.3 is 5.69 Å². The first kappa shape index (κ1) is 18.0. The van der Waals surface area contributed by atoms with Crippen molar-refractivity contribution in [1.29, 1.82) is 0 Å². The number of hydrogen-bond donors (Lipinski definition) is 1. The van der Waals surface area contributed by atoms with Crippen molar-refractivity contribution in [3.63, 3.8) is 0 Å². The topological polar surface area (TPSA) is 68.9 Å². The van der Waals surface area contributed by atoms with E-state index in [9.17, 15) is 9.59 Å². The smallest absolute Gasteiger partial charge is 0.302 e. The van der Waals surface area contributed by atoms with Gasteiger partial charge in [0.25, 0.3) is 0 Å². The van der Waals surface area contributed by atoms with Crippen LogP contribution in [-0.2, 0) is 31.2 Å². The summed E-state index contributed by atoms with van der Waals surface area (Å²) in [5, 5.41) is 3.62. The van der Waals surface area contributed by atoms with Crippen LogP contribution in [0.5, 0.6) is 0 Å². The van der Waals surface area contributed by atoms with Crippen LogP contribution < -0.4 is 11.0 Å². The van der Waals surface area contributed by atoms with Crippen molar-refractivity contribution in [2.45, 2.75) is 51.5 Å². The molecular formula is C20H24N4O2S. The molecule has 0 radical (unpaired) electrons. The quantitative estimate of drug-likeness (QED) is 0.749. The summed E-state index contributed by atoms with van der Waals surface area (Å²) in [4.78, 5) is 30.8. The molecule has 2 heterocycles. The molecule has 0 spiro atoms. The minimum atomic E-state index is -0.100. The molecule has 0 bridgehead atoms. The fourth-order valence-corrected chi connectivity index (χ4v) is 4.80. The number of carbonyl (C=O) groups excluding carboxylic acids is 1. The monoisotopic (exact) mass is 384 g/mol. The highest BCUT2D eigenvalue weighted by atomic mass is 32.1. The Bertz CT molecular complexity index is 1000. The molecule has 0 aliphatic heterocycles.